The SMILES string of the molecule is CC(C)(C)OC(=O)N1CC(C(F)(F)F)C(C)(CO)C1. The first-order valence-corrected chi connectivity index (χ1v) is 6.04. The van der Waals surface area contributed by atoms with Gasteiger partial charge in [0.25, 0.3) is 0 Å². The van der Waals surface area contributed by atoms with E-state index < -0.39 is 42.4 Å². The monoisotopic (exact) mass is 283 g/mol. The van der Waals surface area contributed by atoms with Crippen molar-refractivity contribution in [1.29, 1.82) is 0 Å². The van der Waals surface area contributed by atoms with Gasteiger partial charge in [-0.1, -0.05) is 6.92 Å². The van der Waals surface area contributed by atoms with Gasteiger partial charge in [-0.05, 0) is 20.8 Å². The molecule has 0 aromatic heterocycles. The van der Waals surface area contributed by atoms with Crippen LogP contribution in [0.2, 0.25) is 0 Å². The number of rotatable bonds is 1. The van der Waals surface area contributed by atoms with E-state index in [0.29, 0.717) is 0 Å². The summed E-state index contributed by atoms with van der Waals surface area (Å²) in [5.41, 5.74) is -2.14. The van der Waals surface area contributed by atoms with E-state index in [9.17, 15) is 23.1 Å². The molecule has 0 spiro atoms. The summed E-state index contributed by atoms with van der Waals surface area (Å²) in [6.45, 7) is 5.00. The summed E-state index contributed by atoms with van der Waals surface area (Å²) in [7, 11) is 0. The van der Waals surface area contributed by atoms with Gasteiger partial charge in [-0.3, -0.25) is 0 Å². The van der Waals surface area contributed by atoms with E-state index in [2.05, 4.69) is 0 Å². The largest absolute Gasteiger partial charge is 0.444 e. The zero-order valence-corrected chi connectivity index (χ0v) is 11.5. The van der Waals surface area contributed by atoms with E-state index in [1.807, 2.05) is 0 Å². The first-order valence-electron chi connectivity index (χ1n) is 6.04. The average Bonchev–Trinajstić information content (AvgIpc) is 2.54. The van der Waals surface area contributed by atoms with Crippen LogP contribution in [0, 0.1) is 11.3 Å². The normalized spacial score (nSPS) is 28.6. The second-order valence-corrected chi connectivity index (χ2v) is 6.27. The predicted octanol–water partition coefficient (Wildman–Crippen LogP) is 2.41. The molecule has 1 fully saturated rings. The third-order valence-electron chi connectivity index (χ3n) is 3.20. The van der Waals surface area contributed by atoms with Gasteiger partial charge in [0, 0.05) is 18.5 Å². The number of hydrogen-bond acceptors (Lipinski definition) is 3. The maximum absolute atomic E-state index is 12.9. The second-order valence-electron chi connectivity index (χ2n) is 6.27. The van der Waals surface area contributed by atoms with Gasteiger partial charge >= 0.3 is 12.3 Å². The molecule has 0 aromatic carbocycles. The van der Waals surface area contributed by atoms with Crippen LogP contribution in [0.5, 0.6) is 0 Å². The second kappa shape index (κ2) is 4.85. The van der Waals surface area contributed by atoms with Crippen molar-refractivity contribution in [2.24, 2.45) is 11.3 Å². The molecule has 2 unspecified atom stereocenters. The Kier molecular flexibility index (Phi) is 4.10. The van der Waals surface area contributed by atoms with Crippen molar-refractivity contribution in [2.75, 3.05) is 19.7 Å². The highest BCUT2D eigenvalue weighted by atomic mass is 19.4. The van der Waals surface area contributed by atoms with E-state index in [1.54, 1.807) is 20.8 Å². The van der Waals surface area contributed by atoms with Crippen LogP contribution in [-0.2, 0) is 4.74 Å². The van der Waals surface area contributed by atoms with Crippen LogP contribution in [0.3, 0.4) is 0 Å². The summed E-state index contributed by atoms with van der Waals surface area (Å²) in [5, 5.41) is 9.21. The predicted molar refractivity (Wildman–Crippen MR) is 62.5 cm³/mol. The summed E-state index contributed by atoms with van der Waals surface area (Å²) in [6, 6.07) is 0. The lowest BCUT2D eigenvalue weighted by Crippen LogP contribution is -2.39. The van der Waals surface area contributed by atoms with Crippen molar-refractivity contribution < 1.29 is 27.8 Å². The Morgan fingerprint density at radius 2 is 1.95 bits per heavy atom. The first-order chi connectivity index (χ1) is 8.39. The summed E-state index contributed by atoms with van der Waals surface area (Å²) in [6.07, 6.45) is -5.23. The minimum atomic E-state index is -4.45. The molecular formula is C12H20F3NO3. The molecule has 7 heteroatoms. The van der Waals surface area contributed by atoms with Crippen LogP contribution >= 0.6 is 0 Å². The lowest BCUT2D eigenvalue weighted by Gasteiger charge is -2.29. The minimum Gasteiger partial charge on any atom is -0.444 e. The number of amides is 1. The standard InChI is InChI=1S/C12H20F3NO3/c1-10(2,3)19-9(18)16-5-8(12(13,14)15)11(4,6-16)7-17/h8,17H,5-7H2,1-4H3. The smallest absolute Gasteiger partial charge is 0.410 e. The molecule has 1 amide bonds. The van der Waals surface area contributed by atoms with E-state index in [-0.39, 0.29) is 6.54 Å². The number of carbonyl (C=O) groups is 1. The van der Waals surface area contributed by atoms with Crippen molar-refractivity contribution >= 4 is 6.09 Å². The molecule has 112 valence electrons. The number of nitrogens with zero attached hydrogens (tertiary/aromatic N) is 1. The fourth-order valence-electron chi connectivity index (χ4n) is 2.18. The molecule has 4 nitrogen and oxygen atoms in total. The number of aliphatic hydroxyl groups is 1. The highest BCUT2D eigenvalue weighted by Gasteiger charge is 2.57. The van der Waals surface area contributed by atoms with Crippen LogP contribution in [0.15, 0.2) is 0 Å². The highest BCUT2D eigenvalue weighted by molar-refractivity contribution is 5.68. The molecule has 0 bridgehead atoms. The quantitative estimate of drug-likeness (QED) is 0.804. The molecule has 19 heavy (non-hydrogen) atoms. The number of aliphatic hydroxyl groups excluding tert-OH is 1. The molecule has 0 saturated carbocycles. The van der Waals surface area contributed by atoms with Crippen molar-refractivity contribution in [2.45, 2.75) is 39.5 Å². The molecule has 0 radical (unpaired) electrons. The Morgan fingerprint density at radius 1 is 1.42 bits per heavy atom. The molecule has 1 heterocycles. The van der Waals surface area contributed by atoms with E-state index >= 15 is 0 Å². The summed E-state index contributed by atoms with van der Waals surface area (Å²) in [5.74, 6) is -1.74. The van der Waals surface area contributed by atoms with Crippen molar-refractivity contribution in [1.82, 2.24) is 4.90 Å². The maximum Gasteiger partial charge on any atom is 0.410 e. The van der Waals surface area contributed by atoms with Crippen molar-refractivity contribution in [3.8, 4) is 0 Å². The van der Waals surface area contributed by atoms with Crippen LogP contribution in [-0.4, -0.2) is 47.6 Å². The molecule has 1 aliphatic rings. The summed E-state index contributed by atoms with van der Waals surface area (Å²) >= 11 is 0. The summed E-state index contributed by atoms with van der Waals surface area (Å²) in [4.78, 5) is 12.8. The van der Waals surface area contributed by atoms with Gasteiger partial charge < -0.3 is 14.7 Å². The van der Waals surface area contributed by atoms with Crippen LogP contribution in [0.25, 0.3) is 0 Å². The Morgan fingerprint density at radius 3 is 2.26 bits per heavy atom. The number of likely N-dealkylation sites (tertiary alicyclic amines) is 1. The van der Waals surface area contributed by atoms with Gasteiger partial charge in [0.1, 0.15) is 5.60 Å². The number of ether oxygens (including phenoxy) is 1. The number of hydrogen-bond donors (Lipinski definition) is 1. The molecule has 2 atom stereocenters. The Bertz CT molecular complexity index is 351. The molecule has 1 rings (SSSR count). The van der Waals surface area contributed by atoms with Crippen LogP contribution < -0.4 is 0 Å². The van der Waals surface area contributed by atoms with Crippen LogP contribution in [0.4, 0.5) is 18.0 Å². The molecule has 1 aliphatic heterocycles. The fourth-order valence-corrected chi connectivity index (χ4v) is 2.18. The zero-order valence-electron chi connectivity index (χ0n) is 11.5. The van der Waals surface area contributed by atoms with Gasteiger partial charge in [-0.2, -0.15) is 13.2 Å². The molecule has 0 aromatic rings. The van der Waals surface area contributed by atoms with E-state index in [0.717, 1.165) is 4.90 Å². The Labute approximate surface area is 110 Å². The molecule has 1 N–H and O–H groups in total. The van der Waals surface area contributed by atoms with Crippen molar-refractivity contribution in [3.63, 3.8) is 0 Å². The minimum absolute atomic E-state index is 0.164. The van der Waals surface area contributed by atoms with Gasteiger partial charge in [0.15, 0.2) is 0 Å². The number of halogens is 3. The average molecular weight is 283 g/mol. The molecular weight excluding hydrogens is 263 g/mol. The Hall–Kier alpha value is -0.980. The zero-order chi connectivity index (χ0) is 15.1. The molecule has 0 aliphatic carbocycles. The first kappa shape index (κ1) is 16.1. The van der Waals surface area contributed by atoms with Gasteiger partial charge in [0.2, 0.25) is 0 Å². The Balaban J connectivity index is 2.85. The third kappa shape index (κ3) is 3.75. The van der Waals surface area contributed by atoms with E-state index in [1.165, 1.54) is 6.92 Å². The summed E-state index contributed by atoms with van der Waals surface area (Å²) < 4.78 is 43.8. The van der Waals surface area contributed by atoms with Crippen molar-refractivity contribution in [3.05, 3.63) is 0 Å². The number of carbonyl (C=O) groups excluding carboxylic acids is 1. The molecule has 1 saturated heterocycles. The van der Waals surface area contributed by atoms with Gasteiger partial charge in [-0.25, -0.2) is 4.79 Å². The van der Waals surface area contributed by atoms with E-state index in [4.69, 9.17) is 4.74 Å². The topological polar surface area (TPSA) is 49.8 Å². The lowest BCUT2D eigenvalue weighted by molar-refractivity contribution is -0.197. The van der Waals surface area contributed by atoms with Gasteiger partial charge in [0.05, 0.1) is 12.5 Å². The fraction of sp³-hybridized carbons (Fsp3) is 0.917. The maximum atomic E-state index is 12.9. The number of alkyl halides is 3. The van der Waals surface area contributed by atoms with Gasteiger partial charge in [-0.15, -0.1) is 0 Å². The third-order valence-corrected chi connectivity index (χ3v) is 3.20. The lowest BCUT2D eigenvalue weighted by atomic mass is 9.80. The van der Waals surface area contributed by atoms with Crippen LogP contribution in [0.1, 0.15) is 27.7 Å². The highest BCUT2D eigenvalue weighted by Crippen LogP contribution is 2.45.